The summed E-state index contributed by atoms with van der Waals surface area (Å²) in [5, 5.41) is -0.534. The molecule has 1 aromatic heterocycles. The van der Waals surface area contributed by atoms with Crippen molar-refractivity contribution >= 4 is 11.3 Å². The Morgan fingerprint density at radius 2 is 1.65 bits per heavy atom. The zero-order chi connectivity index (χ0) is 15.1. The molecule has 9 heteroatoms. The maximum Gasteiger partial charge on any atom is 0.434 e. The molecule has 1 heterocycles. The molecule has 108 valence electrons. The number of halogens is 6. The Morgan fingerprint density at radius 1 is 1.10 bits per heavy atom. The van der Waals surface area contributed by atoms with E-state index in [0.717, 1.165) is 0 Å². The maximum absolute atomic E-state index is 13.5. The molecule has 0 atom stereocenters. The summed E-state index contributed by atoms with van der Waals surface area (Å²) in [4.78, 5) is 2.83. The summed E-state index contributed by atoms with van der Waals surface area (Å²) in [6, 6.07) is 0.740. The summed E-state index contributed by atoms with van der Waals surface area (Å²) >= 11 is 0.415. The van der Waals surface area contributed by atoms with E-state index in [2.05, 4.69) is 4.98 Å². The van der Waals surface area contributed by atoms with Crippen LogP contribution in [0.15, 0.2) is 12.1 Å². The number of aromatic nitrogens is 1. The molecule has 0 saturated heterocycles. The quantitative estimate of drug-likeness (QED) is 0.859. The predicted octanol–water partition coefficient (Wildman–Crippen LogP) is 3.70. The molecule has 2 N–H and O–H groups in total. The van der Waals surface area contributed by atoms with E-state index in [1.165, 1.54) is 0 Å². The lowest BCUT2D eigenvalue weighted by molar-refractivity contribution is -0.141. The number of hydrogen-bond donors (Lipinski definition) is 1. The van der Waals surface area contributed by atoms with Gasteiger partial charge in [-0.25, -0.2) is 18.2 Å². The van der Waals surface area contributed by atoms with Crippen molar-refractivity contribution in [2.75, 3.05) is 0 Å². The second-order valence-corrected chi connectivity index (χ2v) is 4.82. The highest BCUT2D eigenvalue weighted by molar-refractivity contribution is 7.15. The van der Waals surface area contributed by atoms with Crippen molar-refractivity contribution in [2.45, 2.75) is 12.7 Å². The molecular formula is C11H6F6N2S. The molecule has 0 amide bonds. The monoisotopic (exact) mass is 312 g/mol. The molecule has 0 radical (unpaired) electrons. The fourth-order valence-corrected chi connectivity index (χ4v) is 2.57. The molecular weight excluding hydrogens is 306 g/mol. The number of rotatable bonds is 2. The summed E-state index contributed by atoms with van der Waals surface area (Å²) in [6.07, 6.45) is -4.78. The molecule has 0 aliphatic rings. The van der Waals surface area contributed by atoms with Gasteiger partial charge in [0.25, 0.3) is 0 Å². The minimum atomic E-state index is -4.78. The van der Waals surface area contributed by atoms with Gasteiger partial charge in [-0.2, -0.15) is 13.2 Å². The van der Waals surface area contributed by atoms with Gasteiger partial charge in [0.15, 0.2) is 5.69 Å². The van der Waals surface area contributed by atoms with E-state index in [9.17, 15) is 26.3 Å². The van der Waals surface area contributed by atoms with Crippen molar-refractivity contribution in [1.29, 1.82) is 0 Å². The Hall–Kier alpha value is -1.61. The van der Waals surface area contributed by atoms with E-state index in [1.54, 1.807) is 0 Å². The van der Waals surface area contributed by atoms with Crippen LogP contribution in [-0.2, 0) is 12.7 Å². The minimum absolute atomic E-state index is 0.351. The van der Waals surface area contributed by atoms with E-state index in [0.29, 0.717) is 23.5 Å². The van der Waals surface area contributed by atoms with Crippen molar-refractivity contribution in [2.24, 2.45) is 5.73 Å². The number of alkyl halides is 3. The number of nitrogens with zero attached hydrogens (tertiary/aromatic N) is 1. The van der Waals surface area contributed by atoms with Gasteiger partial charge in [0.2, 0.25) is 0 Å². The molecule has 0 bridgehead atoms. The fourth-order valence-electron chi connectivity index (χ4n) is 1.57. The molecule has 0 unspecified atom stereocenters. The third kappa shape index (κ3) is 2.63. The summed E-state index contributed by atoms with van der Waals surface area (Å²) in [5.74, 6) is -3.82. The zero-order valence-corrected chi connectivity index (χ0v) is 10.4. The van der Waals surface area contributed by atoms with Crippen molar-refractivity contribution in [3.05, 3.63) is 40.2 Å². The third-order valence-corrected chi connectivity index (χ3v) is 3.47. The Morgan fingerprint density at radius 3 is 2.05 bits per heavy atom. The number of benzene rings is 1. The highest BCUT2D eigenvalue weighted by Crippen LogP contribution is 2.39. The van der Waals surface area contributed by atoms with Crippen molar-refractivity contribution in [3.63, 3.8) is 0 Å². The zero-order valence-electron chi connectivity index (χ0n) is 9.56. The first-order valence-electron chi connectivity index (χ1n) is 5.16. The van der Waals surface area contributed by atoms with Crippen LogP contribution in [0.4, 0.5) is 26.3 Å². The SMILES string of the molecule is NCc1sc(-c2c(F)cc(F)cc2F)nc1C(F)(F)F. The average Bonchev–Trinajstić information content (AvgIpc) is 2.71. The summed E-state index contributed by atoms with van der Waals surface area (Å²) < 4.78 is 77.8. The van der Waals surface area contributed by atoms with Crippen molar-refractivity contribution < 1.29 is 26.3 Å². The highest BCUT2D eigenvalue weighted by atomic mass is 32.1. The summed E-state index contributed by atoms with van der Waals surface area (Å²) in [7, 11) is 0. The van der Waals surface area contributed by atoms with Crippen LogP contribution in [0.3, 0.4) is 0 Å². The molecule has 2 nitrogen and oxygen atoms in total. The molecule has 20 heavy (non-hydrogen) atoms. The van der Waals surface area contributed by atoms with Gasteiger partial charge in [-0.15, -0.1) is 11.3 Å². The Kier molecular flexibility index (Phi) is 3.74. The van der Waals surface area contributed by atoms with Crippen molar-refractivity contribution in [1.82, 2.24) is 4.98 Å². The Balaban J connectivity index is 2.63. The first-order chi connectivity index (χ1) is 9.24. The second kappa shape index (κ2) is 5.06. The molecule has 0 saturated carbocycles. The fraction of sp³-hybridized carbons (Fsp3) is 0.182. The van der Waals surface area contributed by atoms with Crippen LogP contribution >= 0.6 is 11.3 Å². The standard InChI is InChI=1S/C11H6F6N2S/c12-4-1-5(13)8(6(14)2-4)10-19-9(11(15,16)17)7(3-18)20-10/h1-2H,3,18H2. The minimum Gasteiger partial charge on any atom is -0.326 e. The van der Waals surface area contributed by atoms with Crippen LogP contribution in [0.1, 0.15) is 10.6 Å². The first kappa shape index (κ1) is 14.8. The van der Waals surface area contributed by atoms with E-state index in [-0.39, 0.29) is 4.88 Å². The molecule has 0 spiro atoms. The maximum atomic E-state index is 13.5. The number of hydrogen-bond acceptors (Lipinski definition) is 3. The Labute approximate surface area is 112 Å². The molecule has 2 rings (SSSR count). The summed E-state index contributed by atoms with van der Waals surface area (Å²) in [5.41, 5.74) is 3.07. The van der Waals surface area contributed by atoms with Gasteiger partial charge in [-0.1, -0.05) is 0 Å². The van der Waals surface area contributed by atoms with Crippen molar-refractivity contribution in [3.8, 4) is 10.6 Å². The molecule has 0 aliphatic carbocycles. The first-order valence-corrected chi connectivity index (χ1v) is 5.97. The number of thiazole rings is 1. The van der Waals surface area contributed by atoms with E-state index < -0.39 is 46.4 Å². The lowest BCUT2D eigenvalue weighted by Gasteiger charge is -2.04. The van der Waals surface area contributed by atoms with Crippen LogP contribution in [0.25, 0.3) is 10.6 Å². The van der Waals surface area contributed by atoms with Crippen LogP contribution in [0.2, 0.25) is 0 Å². The molecule has 0 aliphatic heterocycles. The van der Waals surface area contributed by atoms with Gasteiger partial charge in [-0.3, -0.25) is 0 Å². The molecule has 0 fully saturated rings. The van der Waals surface area contributed by atoms with Crippen LogP contribution in [0, 0.1) is 17.5 Å². The van der Waals surface area contributed by atoms with E-state index >= 15 is 0 Å². The lowest BCUT2D eigenvalue weighted by Crippen LogP contribution is -2.10. The van der Waals surface area contributed by atoms with Gasteiger partial charge in [0.05, 0.1) is 10.4 Å². The van der Waals surface area contributed by atoms with E-state index in [4.69, 9.17) is 5.73 Å². The van der Waals surface area contributed by atoms with Crippen LogP contribution < -0.4 is 5.73 Å². The van der Waals surface area contributed by atoms with Gasteiger partial charge >= 0.3 is 6.18 Å². The lowest BCUT2D eigenvalue weighted by atomic mass is 10.2. The largest absolute Gasteiger partial charge is 0.434 e. The molecule has 2 aromatic rings. The van der Waals surface area contributed by atoms with Gasteiger partial charge in [0.1, 0.15) is 22.5 Å². The highest BCUT2D eigenvalue weighted by Gasteiger charge is 2.37. The van der Waals surface area contributed by atoms with Gasteiger partial charge in [0, 0.05) is 18.7 Å². The Bertz CT molecular complexity index is 626. The second-order valence-electron chi connectivity index (χ2n) is 3.74. The normalized spacial score (nSPS) is 11.9. The van der Waals surface area contributed by atoms with Crippen LogP contribution in [0.5, 0.6) is 0 Å². The molecule has 1 aromatic carbocycles. The van der Waals surface area contributed by atoms with Gasteiger partial charge < -0.3 is 5.73 Å². The summed E-state index contributed by atoms with van der Waals surface area (Å²) in [6.45, 7) is -0.475. The average molecular weight is 312 g/mol. The third-order valence-electron chi connectivity index (χ3n) is 2.37. The van der Waals surface area contributed by atoms with E-state index in [1.807, 2.05) is 0 Å². The van der Waals surface area contributed by atoms with Crippen LogP contribution in [-0.4, -0.2) is 4.98 Å². The smallest absolute Gasteiger partial charge is 0.326 e. The topological polar surface area (TPSA) is 38.9 Å². The predicted molar refractivity (Wildman–Crippen MR) is 60.3 cm³/mol. The number of nitrogens with two attached hydrogens (primary N) is 1. The van der Waals surface area contributed by atoms with Gasteiger partial charge in [-0.05, 0) is 0 Å².